The van der Waals surface area contributed by atoms with Crippen molar-refractivity contribution in [1.29, 1.82) is 0 Å². The molecule has 0 aromatic rings. The Bertz CT molecular complexity index is 159. The average Bonchev–Trinajstić information content (AvgIpc) is 2.31. The van der Waals surface area contributed by atoms with Crippen LogP contribution in [-0.2, 0) is 0 Å². The van der Waals surface area contributed by atoms with E-state index in [1.807, 2.05) is 0 Å². The Morgan fingerprint density at radius 3 is 2.31 bits per heavy atom. The third kappa shape index (κ3) is 3.15. The fourth-order valence-electron chi connectivity index (χ4n) is 1.95. The zero-order chi connectivity index (χ0) is 10.0. The Balaban J connectivity index is 2.42. The van der Waals surface area contributed by atoms with Crippen LogP contribution in [0.1, 0.15) is 27.7 Å². The summed E-state index contributed by atoms with van der Waals surface area (Å²) in [7, 11) is 0. The lowest BCUT2D eigenvalue weighted by Gasteiger charge is -2.21. The predicted molar refractivity (Wildman–Crippen MR) is 61.2 cm³/mol. The lowest BCUT2D eigenvalue weighted by Crippen LogP contribution is -2.40. The van der Waals surface area contributed by atoms with Crippen molar-refractivity contribution in [3.63, 3.8) is 0 Å². The lowest BCUT2D eigenvalue weighted by atomic mass is 10.1. The van der Waals surface area contributed by atoms with E-state index in [9.17, 15) is 0 Å². The molecule has 3 atom stereocenters. The number of hydrogen-bond acceptors (Lipinski definition) is 3. The van der Waals surface area contributed by atoms with Crippen LogP contribution in [0, 0.1) is 5.92 Å². The number of thiol groups is 1. The zero-order valence-electron chi connectivity index (χ0n) is 9.12. The molecule has 1 aliphatic rings. The minimum absolute atomic E-state index is 0.390. The third-order valence-electron chi connectivity index (χ3n) is 2.72. The number of nitrogens with one attached hydrogen (secondary N) is 1. The molecule has 78 valence electrons. The standard InChI is InChI=1S/C10H22N2S/c1-7(2)11-10-6-12(9(4)13)5-8(10)3/h7-11,13H,5-6H2,1-4H3/t8-,9?,10+/m1/s1. The van der Waals surface area contributed by atoms with Gasteiger partial charge in [-0.05, 0) is 12.8 Å². The molecule has 0 bridgehead atoms. The third-order valence-corrected chi connectivity index (χ3v) is 3.04. The van der Waals surface area contributed by atoms with E-state index in [0.717, 1.165) is 12.5 Å². The lowest BCUT2D eigenvalue weighted by molar-refractivity contribution is 0.317. The van der Waals surface area contributed by atoms with Gasteiger partial charge in [-0.25, -0.2) is 0 Å². The molecule has 1 N–H and O–H groups in total. The molecule has 2 nitrogen and oxygen atoms in total. The molecule has 0 spiro atoms. The first-order valence-electron chi connectivity index (χ1n) is 5.19. The zero-order valence-corrected chi connectivity index (χ0v) is 10.0. The van der Waals surface area contributed by atoms with E-state index < -0.39 is 0 Å². The smallest absolute Gasteiger partial charge is 0.0500 e. The van der Waals surface area contributed by atoms with Gasteiger partial charge in [0, 0.05) is 30.5 Å². The SMILES string of the molecule is CC(C)N[C@H]1CN(C(C)S)C[C@H]1C. The van der Waals surface area contributed by atoms with E-state index >= 15 is 0 Å². The normalized spacial score (nSPS) is 32.8. The van der Waals surface area contributed by atoms with Crippen LogP contribution in [0.3, 0.4) is 0 Å². The summed E-state index contributed by atoms with van der Waals surface area (Å²) in [6.45, 7) is 11.2. The van der Waals surface area contributed by atoms with Crippen LogP contribution in [0.2, 0.25) is 0 Å². The summed E-state index contributed by atoms with van der Waals surface area (Å²) >= 11 is 4.46. The van der Waals surface area contributed by atoms with Gasteiger partial charge in [-0.15, -0.1) is 0 Å². The van der Waals surface area contributed by atoms with Crippen LogP contribution in [-0.4, -0.2) is 35.4 Å². The molecule has 0 saturated carbocycles. The fraction of sp³-hybridized carbons (Fsp3) is 1.00. The van der Waals surface area contributed by atoms with Crippen LogP contribution < -0.4 is 5.32 Å². The molecule has 0 aromatic heterocycles. The van der Waals surface area contributed by atoms with Crippen molar-refractivity contribution in [1.82, 2.24) is 10.2 Å². The first kappa shape index (κ1) is 11.3. The van der Waals surface area contributed by atoms with Gasteiger partial charge in [-0.3, -0.25) is 4.90 Å². The first-order chi connectivity index (χ1) is 6.00. The number of hydrogen-bond donors (Lipinski definition) is 2. The van der Waals surface area contributed by atoms with Crippen molar-refractivity contribution in [2.45, 2.75) is 45.2 Å². The number of nitrogens with zero attached hydrogens (tertiary/aromatic N) is 1. The molecule has 0 aliphatic carbocycles. The highest BCUT2D eigenvalue weighted by Crippen LogP contribution is 2.20. The Labute approximate surface area is 87.5 Å². The van der Waals surface area contributed by atoms with Gasteiger partial charge >= 0.3 is 0 Å². The molecule has 13 heavy (non-hydrogen) atoms. The van der Waals surface area contributed by atoms with Gasteiger partial charge in [-0.2, -0.15) is 12.6 Å². The predicted octanol–water partition coefficient (Wildman–Crippen LogP) is 1.58. The van der Waals surface area contributed by atoms with Crippen molar-refractivity contribution >= 4 is 12.6 Å². The van der Waals surface area contributed by atoms with E-state index in [-0.39, 0.29) is 0 Å². The maximum absolute atomic E-state index is 4.46. The van der Waals surface area contributed by atoms with Crippen molar-refractivity contribution in [3.8, 4) is 0 Å². The van der Waals surface area contributed by atoms with Gasteiger partial charge in [0.25, 0.3) is 0 Å². The van der Waals surface area contributed by atoms with Gasteiger partial charge in [0.15, 0.2) is 0 Å². The Kier molecular flexibility index (Phi) is 4.07. The highest BCUT2D eigenvalue weighted by Gasteiger charge is 2.30. The second-order valence-electron chi connectivity index (χ2n) is 4.49. The summed E-state index contributed by atoms with van der Waals surface area (Å²) in [5.74, 6) is 0.747. The molecule has 1 rings (SSSR count). The molecule has 1 saturated heterocycles. The molecule has 0 radical (unpaired) electrons. The average molecular weight is 202 g/mol. The second kappa shape index (κ2) is 4.67. The number of rotatable bonds is 3. The van der Waals surface area contributed by atoms with Crippen LogP contribution >= 0.6 is 12.6 Å². The van der Waals surface area contributed by atoms with E-state index in [2.05, 4.69) is 50.5 Å². The molecular formula is C10H22N2S. The van der Waals surface area contributed by atoms with E-state index in [1.165, 1.54) is 6.54 Å². The fourth-order valence-corrected chi connectivity index (χ4v) is 2.14. The van der Waals surface area contributed by atoms with Crippen LogP contribution in [0.5, 0.6) is 0 Å². The minimum atomic E-state index is 0.390. The highest BCUT2D eigenvalue weighted by molar-refractivity contribution is 7.80. The van der Waals surface area contributed by atoms with Gasteiger partial charge < -0.3 is 5.32 Å². The van der Waals surface area contributed by atoms with Crippen molar-refractivity contribution < 1.29 is 0 Å². The van der Waals surface area contributed by atoms with Crippen LogP contribution in [0.4, 0.5) is 0 Å². The summed E-state index contributed by atoms with van der Waals surface area (Å²) in [5, 5.41) is 3.99. The first-order valence-corrected chi connectivity index (χ1v) is 5.70. The monoisotopic (exact) mass is 202 g/mol. The second-order valence-corrected chi connectivity index (χ2v) is 5.24. The summed E-state index contributed by atoms with van der Waals surface area (Å²) in [4.78, 5) is 2.42. The molecule has 0 aromatic carbocycles. The van der Waals surface area contributed by atoms with Gasteiger partial charge in [0.1, 0.15) is 0 Å². The maximum Gasteiger partial charge on any atom is 0.0500 e. The molecule has 3 heteroatoms. The Morgan fingerprint density at radius 1 is 1.31 bits per heavy atom. The van der Waals surface area contributed by atoms with Gasteiger partial charge in [0.05, 0.1) is 0 Å². The molecule has 1 aliphatic heterocycles. The van der Waals surface area contributed by atoms with Crippen LogP contribution in [0.15, 0.2) is 0 Å². The highest BCUT2D eigenvalue weighted by atomic mass is 32.1. The molecule has 1 unspecified atom stereocenters. The minimum Gasteiger partial charge on any atom is -0.310 e. The molecule has 0 amide bonds. The number of likely N-dealkylation sites (tertiary alicyclic amines) is 1. The molecular weight excluding hydrogens is 180 g/mol. The van der Waals surface area contributed by atoms with Crippen molar-refractivity contribution in [2.75, 3.05) is 13.1 Å². The summed E-state index contributed by atoms with van der Waals surface area (Å²) in [6, 6.07) is 1.23. The summed E-state index contributed by atoms with van der Waals surface area (Å²) in [6.07, 6.45) is 0. The molecule has 1 fully saturated rings. The molecule has 1 heterocycles. The van der Waals surface area contributed by atoms with Gasteiger partial charge in [0.2, 0.25) is 0 Å². The van der Waals surface area contributed by atoms with Gasteiger partial charge in [-0.1, -0.05) is 20.8 Å². The quantitative estimate of drug-likeness (QED) is 0.676. The van der Waals surface area contributed by atoms with Crippen LogP contribution in [0.25, 0.3) is 0 Å². The topological polar surface area (TPSA) is 15.3 Å². The van der Waals surface area contributed by atoms with Crippen molar-refractivity contribution in [3.05, 3.63) is 0 Å². The van der Waals surface area contributed by atoms with E-state index in [0.29, 0.717) is 17.5 Å². The maximum atomic E-state index is 4.46. The summed E-state index contributed by atoms with van der Waals surface area (Å²) < 4.78 is 0. The van der Waals surface area contributed by atoms with Crippen molar-refractivity contribution in [2.24, 2.45) is 5.92 Å². The largest absolute Gasteiger partial charge is 0.310 e. The summed E-state index contributed by atoms with van der Waals surface area (Å²) in [5.41, 5.74) is 0. The Hall–Kier alpha value is 0.270. The van der Waals surface area contributed by atoms with E-state index in [4.69, 9.17) is 0 Å². The van der Waals surface area contributed by atoms with E-state index in [1.54, 1.807) is 0 Å². The Morgan fingerprint density at radius 2 is 1.92 bits per heavy atom.